The molecule has 1 N–H and O–H groups in total. The number of carbonyl (C=O) groups is 2. The average Bonchev–Trinajstić information content (AvgIpc) is 2.90. The summed E-state index contributed by atoms with van der Waals surface area (Å²) in [6.07, 6.45) is 1.32. The van der Waals surface area contributed by atoms with Gasteiger partial charge in [0.2, 0.25) is 11.8 Å². The first-order chi connectivity index (χ1) is 18.2. The number of hydrogen-bond acceptors (Lipinski definition) is 2. The molecule has 0 bridgehead atoms. The first-order valence-corrected chi connectivity index (χ1v) is 13.4. The zero-order chi connectivity index (χ0) is 27.1. The van der Waals surface area contributed by atoms with Crippen LogP contribution in [-0.2, 0) is 29.0 Å². The second-order valence-corrected chi connectivity index (χ2v) is 11.2. The summed E-state index contributed by atoms with van der Waals surface area (Å²) in [5.74, 6) is -0.216. The van der Waals surface area contributed by atoms with E-state index in [0.29, 0.717) is 30.8 Å². The first-order valence-electron chi connectivity index (χ1n) is 13.1. The summed E-state index contributed by atoms with van der Waals surface area (Å²) in [7, 11) is 0. The van der Waals surface area contributed by atoms with Crippen LogP contribution in [0, 0.1) is 0 Å². The highest BCUT2D eigenvalue weighted by Crippen LogP contribution is 2.22. The lowest BCUT2D eigenvalue weighted by Gasteiger charge is -2.34. The summed E-state index contributed by atoms with van der Waals surface area (Å²) in [6.45, 7) is 6.18. The normalized spacial score (nSPS) is 12.2. The van der Waals surface area contributed by atoms with E-state index < -0.39 is 11.6 Å². The third-order valence-corrected chi connectivity index (χ3v) is 6.78. The largest absolute Gasteiger partial charge is 0.350 e. The van der Waals surface area contributed by atoms with Crippen LogP contribution in [0.25, 0.3) is 10.8 Å². The van der Waals surface area contributed by atoms with E-state index in [9.17, 15) is 9.59 Å². The number of rotatable bonds is 9. The summed E-state index contributed by atoms with van der Waals surface area (Å²) in [6, 6.07) is 31.1. The minimum atomic E-state index is -0.660. The van der Waals surface area contributed by atoms with Crippen LogP contribution in [0.4, 0.5) is 0 Å². The van der Waals surface area contributed by atoms with Gasteiger partial charge in [0.1, 0.15) is 6.04 Å². The predicted octanol–water partition coefficient (Wildman–Crippen LogP) is 6.98. The number of benzene rings is 4. The fraction of sp³-hybridized carbons (Fsp3) is 0.273. The van der Waals surface area contributed by atoms with Gasteiger partial charge in [-0.25, -0.2) is 0 Å². The molecule has 0 heterocycles. The molecule has 0 aliphatic carbocycles. The number of halogens is 1. The van der Waals surface area contributed by atoms with Crippen LogP contribution < -0.4 is 5.32 Å². The molecular weight excluding hydrogens is 492 g/mol. The van der Waals surface area contributed by atoms with Crippen LogP contribution in [0.5, 0.6) is 0 Å². The smallest absolute Gasteiger partial charge is 0.243 e. The fourth-order valence-corrected chi connectivity index (χ4v) is 4.82. The van der Waals surface area contributed by atoms with Crippen molar-refractivity contribution in [1.82, 2.24) is 10.2 Å². The highest BCUT2D eigenvalue weighted by Gasteiger charge is 2.32. The van der Waals surface area contributed by atoms with Gasteiger partial charge in [0.25, 0.3) is 0 Å². The molecule has 196 valence electrons. The van der Waals surface area contributed by atoms with Crippen molar-refractivity contribution >= 4 is 34.2 Å². The van der Waals surface area contributed by atoms with Gasteiger partial charge < -0.3 is 10.2 Å². The predicted molar refractivity (Wildman–Crippen MR) is 156 cm³/mol. The Morgan fingerprint density at radius 3 is 2.18 bits per heavy atom. The van der Waals surface area contributed by atoms with Crippen molar-refractivity contribution in [2.24, 2.45) is 0 Å². The molecule has 1 atom stereocenters. The Labute approximate surface area is 230 Å². The van der Waals surface area contributed by atoms with Gasteiger partial charge >= 0.3 is 0 Å². The topological polar surface area (TPSA) is 49.4 Å². The van der Waals surface area contributed by atoms with Gasteiger partial charge in [0.05, 0.1) is 0 Å². The van der Waals surface area contributed by atoms with Crippen LogP contribution in [0.3, 0.4) is 0 Å². The summed E-state index contributed by atoms with van der Waals surface area (Å²) in [5.41, 5.74) is 2.63. The fourth-order valence-electron chi connectivity index (χ4n) is 4.69. The molecule has 0 spiro atoms. The SMILES string of the molecule is CC(C)(C)NC(=O)C(Cc1ccccc1)N(Cc1ccc(Cl)cc1)C(=O)CCc1cccc2ccccc12. The molecule has 0 radical (unpaired) electrons. The minimum Gasteiger partial charge on any atom is -0.350 e. The second kappa shape index (κ2) is 12.3. The Bertz CT molecular complexity index is 1370. The molecule has 4 rings (SSSR count). The lowest BCUT2D eigenvalue weighted by molar-refractivity contribution is -0.141. The molecule has 4 nitrogen and oxygen atoms in total. The quantitative estimate of drug-likeness (QED) is 0.256. The van der Waals surface area contributed by atoms with Gasteiger partial charge in [0, 0.05) is 29.9 Å². The van der Waals surface area contributed by atoms with Crippen molar-refractivity contribution in [2.45, 2.75) is 58.2 Å². The van der Waals surface area contributed by atoms with E-state index >= 15 is 0 Å². The number of nitrogens with zero attached hydrogens (tertiary/aromatic N) is 1. The zero-order valence-electron chi connectivity index (χ0n) is 22.3. The van der Waals surface area contributed by atoms with Gasteiger partial charge in [-0.2, -0.15) is 0 Å². The Kier molecular flexibility index (Phi) is 8.85. The summed E-state index contributed by atoms with van der Waals surface area (Å²) >= 11 is 6.12. The molecule has 1 unspecified atom stereocenters. The van der Waals surface area contributed by atoms with E-state index in [1.165, 1.54) is 0 Å². The van der Waals surface area contributed by atoms with Crippen LogP contribution in [0.15, 0.2) is 97.1 Å². The molecule has 0 aromatic heterocycles. The van der Waals surface area contributed by atoms with Gasteiger partial charge in [-0.1, -0.05) is 96.5 Å². The highest BCUT2D eigenvalue weighted by atomic mass is 35.5. The van der Waals surface area contributed by atoms with Crippen molar-refractivity contribution in [3.05, 3.63) is 119 Å². The number of aryl methyl sites for hydroxylation is 1. The number of amides is 2. The molecule has 4 aromatic rings. The molecule has 38 heavy (non-hydrogen) atoms. The van der Waals surface area contributed by atoms with Gasteiger partial charge in [-0.3, -0.25) is 9.59 Å². The van der Waals surface area contributed by atoms with Crippen LogP contribution in [0.1, 0.15) is 43.9 Å². The van der Waals surface area contributed by atoms with Crippen molar-refractivity contribution < 1.29 is 9.59 Å². The van der Waals surface area contributed by atoms with E-state index in [1.54, 1.807) is 4.90 Å². The van der Waals surface area contributed by atoms with Gasteiger partial charge in [0.15, 0.2) is 0 Å². The third kappa shape index (κ3) is 7.45. The summed E-state index contributed by atoms with van der Waals surface area (Å²) < 4.78 is 0. The number of fused-ring (bicyclic) bond motifs is 1. The van der Waals surface area contributed by atoms with E-state index in [1.807, 2.05) is 93.6 Å². The van der Waals surface area contributed by atoms with Crippen LogP contribution in [0.2, 0.25) is 5.02 Å². The van der Waals surface area contributed by atoms with Crippen molar-refractivity contribution in [2.75, 3.05) is 0 Å². The Hall–Kier alpha value is -3.63. The number of hydrogen-bond donors (Lipinski definition) is 1. The maximum absolute atomic E-state index is 13.9. The maximum atomic E-state index is 13.9. The van der Waals surface area contributed by atoms with E-state index in [4.69, 9.17) is 11.6 Å². The third-order valence-electron chi connectivity index (χ3n) is 6.52. The average molecular weight is 527 g/mol. The molecule has 0 aliphatic heterocycles. The van der Waals surface area contributed by atoms with Crippen molar-refractivity contribution in [3.63, 3.8) is 0 Å². The molecule has 0 fully saturated rings. The lowest BCUT2D eigenvalue weighted by atomic mass is 9.98. The zero-order valence-corrected chi connectivity index (χ0v) is 23.0. The Morgan fingerprint density at radius 1 is 0.816 bits per heavy atom. The molecular formula is C33H35ClN2O2. The number of carbonyl (C=O) groups excluding carboxylic acids is 2. The first kappa shape index (κ1) is 27.4. The Balaban J connectivity index is 1.65. The van der Waals surface area contributed by atoms with Crippen LogP contribution >= 0.6 is 11.6 Å². The van der Waals surface area contributed by atoms with Crippen molar-refractivity contribution in [1.29, 1.82) is 0 Å². The van der Waals surface area contributed by atoms with Gasteiger partial charge in [-0.05, 0) is 66.8 Å². The highest BCUT2D eigenvalue weighted by molar-refractivity contribution is 6.30. The monoisotopic (exact) mass is 526 g/mol. The molecule has 0 aliphatic rings. The lowest BCUT2D eigenvalue weighted by Crippen LogP contribution is -2.54. The molecule has 0 saturated heterocycles. The molecule has 0 saturated carbocycles. The number of nitrogens with one attached hydrogen (secondary N) is 1. The van der Waals surface area contributed by atoms with E-state index in [2.05, 4.69) is 29.6 Å². The van der Waals surface area contributed by atoms with Crippen molar-refractivity contribution in [3.8, 4) is 0 Å². The van der Waals surface area contributed by atoms with Gasteiger partial charge in [-0.15, -0.1) is 0 Å². The second-order valence-electron chi connectivity index (χ2n) is 10.7. The summed E-state index contributed by atoms with van der Waals surface area (Å²) in [5, 5.41) is 6.05. The van der Waals surface area contributed by atoms with E-state index in [-0.39, 0.29) is 11.8 Å². The molecule has 5 heteroatoms. The molecule has 4 aromatic carbocycles. The van der Waals surface area contributed by atoms with Crippen LogP contribution in [-0.4, -0.2) is 28.3 Å². The standard InChI is InChI=1S/C33H35ClN2O2/c1-33(2,3)35-32(38)30(22-24-10-5-4-6-11-24)36(23-25-16-19-28(34)20-17-25)31(37)21-18-27-14-9-13-26-12-7-8-15-29(26)27/h4-17,19-20,30H,18,21-23H2,1-3H3,(H,35,38). The minimum absolute atomic E-state index is 0.0575. The molecule has 2 amide bonds. The maximum Gasteiger partial charge on any atom is 0.243 e. The van der Waals surface area contributed by atoms with E-state index in [0.717, 1.165) is 27.5 Å². The summed E-state index contributed by atoms with van der Waals surface area (Å²) in [4.78, 5) is 29.4. The Morgan fingerprint density at radius 2 is 1.47 bits per heavy atom.